The maximum Gasteiger partial charge on any atom is 0.329 e. The highest BCUT2D eigenvalue weighted by atomic mass is 79.9. The number of nitrogens with zero attached hydrogens (tertiary/aromatic N) is 1. The number of halogens is 1. The molecule has 0 atom stereocenters. The van der Waals surface area contributed by atoms with Crippen LogP contribution in [-0.2, 0) is 9.59 Å². The Morgan fingerprint density at radius 1 is 1.29 bits per heavy atom. The number of hydrazone groups is 1. The van der Waals surface area contributed by atoms with Gasteiger partial charge in [0.2, 0.25) is 0 Å². The fraction of sp³-hybridized carbons (Fsp3) is 0.182. The Labute approximate surface area is 107 Å². The standard InChI is InChI=1S/C11H12BrN3O2/c1-2-13-10(16)11(17)15-14-7-8-3-5-9(12)6-4-8/h3-7H,2H2,1H3,(H,13,16)(H,15,17)/b14-7+. The van der Waals surface area contributed by atoms with Crippen LogP contribution in [0.2, 0.25) is 0 Å². The van der Waals surface area contributed by atoms with E-state index in [2.05, 4.69) is 31.8 Å². The molecule has 17 heavy (non-hydrogen) atoms. The molecule has 1 aromatic carbocycles. The number of amides is 2. The van der Waals surface area contributed by atoms with Crippen LogP contribution in [0.25, 0.3) is 0 Å². The van der Waals surface area contributed by atoms with Crippen molar-refractivity contribution in [1.29, 1.82) is 0 Å². The van der Waals surface area contributed by atoms with Crippen LogP contribution in [0.1, 0.15) is 12.5 Å². The number of carbonyl (C=O) groups excluding carboxylic acids is 2. The lowest BCUT2D eigenvalue weighted by Crippen LogP contribution is -2.37. The van der Waals surface area contributed by atoms with Gasteiger partial charge in [-0.1, -0.05) is 28.1 Å². The number of rotatable bonds is 3. The predicted octanol–water partition coefficient (Wildman–Crippen LogP) is 1.04. The van der Waals surface area contributed by atoms with Gasteiger partial charge in [-0.2, -0.15) is 5.10 Å². The third kappa shape index (κ3) is 4.78. The molecule has 0 saturated carbocycles. The van der Waals surface area contributed by atoms with Gasteiger partial charge in [-0.15, -0.1) is 0 Å². The van der Waals surface area contributed by atoms with Gasteiger partial charge in [0.1, 0.15) is 0 Å². The molecule has 90 valence electrons. The molecule has 5 nitrogen and oxygen atoms in total. The maximum atomic E-state index is 11.1. The van der Waals surface area contributed by atoms with E-state index in [0.717, 1.165) is 10.0 Å². The van der Waals surface area contributed by atoms with Crippen molar-refractivity contribution in [3.8, 4) is 0 Å². The topological polar surface area (TPSA) is 70.6 Å². The fourth-order valence-electron chi connectivity index (χ4n) is 1.01. The summed E-state index contributed by atoms with van der Waals surface area (Å²) < 4.78 is 0.959. The first-order valence-electron chi connectivity index (χ1n) is 5.00. The first kappa shape index (κ1) is 13.4. The van der Waals surface area contributed by atoms with Gasteiger partial charge in [-0.25, -0.2) is 5.43 Å². The number of hydrogen-bond acceptors (Lipinski definition) is 3. The second-order valence-electron chi connectivity index (χ2n) is 3.11. The van der Waals surface area contributed by atoms with Crippen LogP contribution >= 0.6 is 15.9 Å². The van der Waals surface area contributed by atoms with E-state index < -0.39 is 11.8 Å². The molecule has 0 unspecified atom stereocenters. The summed E-state index contributed by atoms with van der Waals surface area (Å²) in [6.07, 6.45) is 1.46. The highest BCUT2D eigenvalue weighted by Crippen LogP contribution is 2.08. The van der Waals surface area contributed by atoms with Crippen molar-refractivity contribution in [2.24, 2.45) is 5.10 Å². The van der Waals surface area contributed by atoms with Gasteiger partial charge in [-0.05, 0) is 24.6 Å². The Kier molecular flexibility index (Phi) is 5.35. The third-order valence-electron chi connectivity index (χ3n) is 1.79. The SMILES string of the molecule is CCNC(=O)C(=O)N/N=C/c1ccc(Br)cc1. The van der Waals surface area contributed by atoms with E-state index in [1.165, 1.54) is 6.21 Å². The zero-order valence-electron chi connectivity index (χ0n) is 9.24. The molecule has 0 aliphatic carbocycles. The van der Waals surface area contributed by atoms with Crippen molar-refractivity contribution in [1.82, 2.24) is 10.7 Å². The van der Waals surface area contributed by atoms with Crippen molar-refractivity contribution in [2.75, 3.05) is 6.54 Å². The van der Waals surface area contributed by atoms with Crippen LogP contribution in [0, 0.1) is 0 Å². The minimum atomic E-state index is -0.778. The first-order valence-corrected chi connectivity index (χ1v) is 5.79. The van der Waals surface area contributed by atoms with Crippen LogP contribution in [0.15, 0.2) is 33.8 Å². The predicted molar refractivity (Wildman–Crippen MR) is 68.6 cm³/mol. The lowest BCUT2D eigenvalue weighted by molar-refractivity contribution is -0.139. The van der Waals surface area contributed by atoms with Crippen LogP contribution in [0.5, 0.6) is 0 Å². The molecule has 0 spiro atoms. The van der Waals surface area contributed by atoms with Crippen LogP contribution in [0.3, 0.4) is 0 Å². The summed E-state index contributed by atoms with van der Waals surface area (Å²) in [5.74, 6) is -1.47. The molecule has 0 aliphatic rings. The number of hydrogen-bond donors (Lipinski definition) is 2. The largest absolute Gasteiger partial charge is 0.348 e. The molecule has 1 aromatic rings. The average Bonchev–Trinajstić information content (AvgIpc) is 2.32. The molecular formula is C11H12BrN3O2. The first-order chi connectivity index (χ1) is 8.13. The van der Waals surface area contributed by atoms with Crippen molar-refractivity contribution >= 4 is 34.0 Å². The molecule has 0 heterocycles. The third-order valence-corrected chi connectivity index (χ3v) is 2.32. The van der Waals surface area contributed by atoms with E-state index >= 15 is 0 Å². The minimum absolute atomic E-state index is 0.405. The van der Waals surface area contributed by atoms with Crippen molar-refractivity contribution in [2.45, 2.75) is 6.92 Å². The smallest absolute Gasteiger partial charge is 0.329 e. The van der Waals surface area contributed by atoms with Gasteiger partial charge in [-0.3, -0.25) is 9.59 Å². The Morgan fingerprint density at radius 2 is 1.94 bits per heavy atom. The highest BCUT2D eigenvalue weighted by Gasteiger charge is 2.09. The summed E-state index contributed by atoms with van der Waals surface area (Å²) in [5.41, 5.74) is 2.96. The lowest BCUT2D eigenvalue weighted by atomic mass is 10.2. The maximum absolute atomic E-state index is 11.1. The van der Waals surface area contributed by atoms with Crippen molar-refractivity contribution in [3.63, 3.8) is 0 Å². The summed E-state index contributed by atoms with van der Waals surface area (Å²) in [6, 6.07) is 7.36. The van der Waals surface area contributed by atoms with E-state index in [1.54, 1.807) is 6.92 Å². The fourth-order valence-corrected chi connectivity index (χ4v) is 1.27. The summed E-state index contributed by atoms with van der Waals surface area (Å²) >= 11 is 3.31. The molecule has 0 fully saturated rings. The van der Waals surface area contributed by atoms with Crippen molar-refractivity contribution < 1.29 is 9.59 Å². The van der Waals surface area contributed by atoms with Crippen molar-refractivity contribution in [3.05, 3.63) is 34.3 Å². The Hall–Kier alpha value is -1.69. The second-order valence-corrected chi connectivity index (χ2v) is 4.03. The molecule has 0 bridgehead atoms. The summed E-state index contributed by atoms with van der Waals surface area (Å²) in [6.45, 7) is 2.14. The average molecular weight is 298 g/mol. The minimum Gasteiger partial charge on any atom is -0.348 e. The Balaban J connectivity index is 2.47. The van der Waals surface area contributed by atoms with Gasteiger partial charge in [0.15, 0.2) is 0 Å². The van der Waals surface area contributed by atoms with Gasteiger partial charge < -0.3 is 5.32 Å². The number of benzene rings is 1. The zero-order chi connectivity index (χ0) is 12.7. The van der Waals surface area contributed by atoms with E-state index in [9.17, 15) is 9.59 Å². The molecule has 0 saturated heterocycles. The summed E-state index contributed by atoms with van der Waals surface area (Å²) in [5, 5.41) is 6.04. The van der Waals surface area contributed by atoms with Gasteiger partial charge in [0.05, 0.1) is 6.21 Å². The molecule has 1 rings (SSSR count). The quantitative estimate of drug-likeness (QED) is 0.497. The monoisotopic (exact) mass is 297 g/mol. The molecular weight excluding hydrogens is 286 g/mol. The second kappa shape index (κ2) is 6.80. The molecule has 2 N–H and O–H groups in total. The molecule has 2 amide bonds. The summed E-state index contributed by atoms with van der Waals surface area (Å²) in [7, 11) is 0. The molecule has 6 heteroatoms. The van der Waals surface area contributed by atoms with E-state index in [-0.39, 0.29) is 0 Å². The van der Waals surface area contributed by atoms with Crippen LogP contribution in [0.4, 0.5) is 0 Å². The van der Waals surface area contributed by atoms with E-state index in [4.69, 9.17) is 0 Å². The lowest BCUT2D eigenvalue weighted by Gasteiger charge is -1.99. The van der Waals surface area contributed by atoms with Gasteiger partial charge in [0.25, 0.3) is 0 Å². The van der Waals surface area contributed by atoms with Crippen LogP contribution < -0.4 is 10.7 Å². The number of likely N-dealkylation sites (N-methyl/N-ethyl adjacent to an activating group) is 1. The van der Waals surface area contributed by atoms with Gasteiger partial charge >= 0.3 is 11.8 Å². The number of carbonyl (C=O) groups is 2. The Bertz CT molecular complexity index is 429. The van der Waals surface area contributed by atoms with Gasteiger partial charge in [0, 0.05) is 11.0 Å². The molecule has 0 radical (unpaired) electrons. The molecule has 0 aromatic heterocycles. The highest BCUT2D eigenvalue weighted by molar-refractivity contribution is 9.10. The van der Waals surface area contributed by atoms with E-state index in [1.807, 2.05) is 24.3 Å². The Morgan fingerprint density at radius 3 is 2.53 bits per heavy atom. The normalized spacial score (nSPS) is 10.2. The van der Waals surface area contributed by atoms with E-state index in [0.29, 0.717) is 6.54 Å². The summed E-state index contributed by atoms with van der Waals surface area (Å²) in [4.78, 5) is 22.2. The zero-order valence-corrected chi connectivity index (χ0v) is 10.8. The van der Waals surface area contributed by atoms with Crippen LogP contribution in [-0.4, -0.2) is 24.6 Å². The number of nitrogens with one attached hydrogen (secondary N) is 2. The molecule has 0 aliphatic heterocycles.